The molecule has 0 aromatic heterocycles. The van der Waals surface area contributed by atoms with Gasteiger partial charge in [0, 0.05) is 6.42 Å². The van der Waals surface area contributed by atoms with Gasteiger partial charge < -0.3 is 19.8 Å². The lowest BCUT2D eigenvalue weighted by atomic mass is 10.0. The molecule has 0 aromatic rings. The summed E-state index contributed by atoms with van der Waals surface area (Å²) in [7, 11) is 1.61. The number of nitrogens with zero attached hydrogens (tertiary/aromatic N) is 1. The second-order valence-electron chi connectivity index (χ2n) is 20.3. The van der Waals surface area contributed by atoms with Crippen LogP contribution in [0.25, 0.3) is 0 Å². The molecule has 69 heavy (non-hydrogen) atoms. The van der Waals surface area contributed by atoms with Gasteiger partial charge in [-0.05, 0) is 70.6 Å². The van der Waals surface area contributed by atoms with Gasteiger partial charge in [-0.2, -0.15) is 0 Å². The van der Waals surface area contributed by atoms with Gasteiger partial charge in [0.25, 0.3) is 0 Å². The molecule has 0 aliphatic rings. The predicted octanol–water partition coefficient (Wildman–Crippen LogP) is 17.3. The molecule has 0 saturated heterocycles. The van der Waals surface area contributed by atoms with Crippen LogP contribution in [0.4, 0.5) is 0 Å². The number of hydrogen-bond acceptors (Lipinski definition) is 5. The van der Waals surface area contributed by atoms with E-state index in [0.717, 1.165) is 83.5 Å². The van der Waals surface area contributed by atoms with E-state index in [4.69, 9.17) is 9.05 Å². The van der Waals surface area contributed by atoms with Crippen molar-refractivity contribution in [2.24, 2.45) is 0 Å². The summed E-state index contributed by atoms with van der Waals surface area (Å²) in [5, 5.41) is 14.0. The molecule has 0 spiro atoms. The summed E-state index contributed by atoms with van der Waals surface area (Å²) in [6, 6.07) is -0.762. The van der Waals surface area contributed by atoms with Crippen molar-refractivity contribution in [2.45, 2.75) is 251 Å². The first kappa shape index (κ1) is 66.7. The van der Waals surface area contributed by atoms with E-state index < -0.39 is 20.0 Å². The highest BCUT2D eigenvalue weighted by Gasteiger charge is 2.28. The fraction of sp³-hybridized carbons (Fsp3) is 0.750. The van der Waals surface area contributed by atoms with Gasteiger partial charge >= 0.3 is 7.82 Å². The number of unbranched alkanes of at least 4 members (excludes halogenated alkanes) is 24. The van der Waals surface area contributed by atoms with Crippen LogP contribution in [-0.2, 0) is 18.4 Å². The third-order valence-corrected chi connectivity index (χ3v) is 13.4. The number of rotatable bonds is 51. The molecule has 0 fully saturated rings. The number of amides is 1. The molecule has 3 unspecified atom stereocenters. The first-order valence-corrected chi connectivity index (χ1v) is 29.9. The lowest BCUT2D eigenvalue weighted by Gasteiger charge is -2.26. The first-order valence-electron chi connectivity index (χ1n) is 28.5. The van der Waals surface area contributed by atoms with Gasteiger partial charge in [0.05, 0.1) is 39.9 Å². The van der Waals surface area contributed by atoms with Crippen molar-refractivity contribution in [3.8, 4) is 0 Å². The Bertz CT molecular complexity index is 1400. The number of phosphoric acid groups is 1. The van der Waals surface area contributed by atoms with Crippen LogP contribution in [0, 0.1) is 0 Å². The third-order valence-electron chi connectivity index (χ3n) is 12.4. The normalized spacial score (nSPS) is 14.6. The van der Waals surface area contributed by atoms with Crippen LogP contribution >= 0.6 is 7.82 Å². The third kappa shape index (κ3) is 53.3. The molecule has 0 aliphatic carbocycles. The SMILES string of the molecule is CC/C=C\C/C=C\C/C=C\C/C=C\C/C=C\C/C=C\C/C=C\CCCCCCCCCCCCCCCCCC(=O)NC(COP(=O)(O)OCC[N+](C)(C)C)C(O)CCCCCCCCCCCC. The fourth-order valence-electron chi connectivity index (χ4n) is 7.97. The van der Waals surface area contributed by atoms with Crippen molar-refractivity contribution in [1.82, 2.24) is 5.32 Å². The van der Waals surface area contributed by atoms with Crippen LogP contribution in [0.2, 0.25) is 0 Å². The maximum atomic E-state index is 12.9. The Morgan fingerprint density at radius 3 is 1.28 bits per heavy atom. The number of hydrogen-bond donors (Lipinski definition) is 3. The zero-order valence-corrected chi connectivity index (χ0v) is 46.4. The van der Waals surface area contributed by atoms with Crippen molar-refractivity contribution in [3.63, 3.8) is 0 Å². The second-order valence-corrected chi connectivity index (χ2v) is 21.7. The molecule has 0 rings (SSSR count). The molecule has 3 atom stereocenters. The smallest absolute Gasteiger partial charge is 0.391 e. The Kier molecular flexibility index (Phi) is 48.9. The van der Waals surface area contributed by atoms with Gasteiger partial charge in [-0.1, -0.05) is 247 Å². The minimum Gasteiger partial charge on any atom is -0.391 e. The number of phosphoric ester groups is 1. The zero-order chi connectivity index (χ0) is 50.6. The van der Waals surface area contributed by atoms with Gasteiger partial charge in [0.2, 0.25) is 5.91 Å². The highest BCUT2D eigenvalue weighted by Crippen LogP contribution is 2.43. The number of aliphatic hydroxyl groups is 1. The molecular formula is C60H110N2O6P+. The maximum Gasteiger partial charge on any atom is 0.472 e. The van der Waals surface area contributed by atoms with Crippen molar-refractivity contribution in [3.05, 3.63) is 85.1 Å². The van der Waals surface area contributed by atoms with E-state index in [1.54, 1.807) is 0 Å². The van der Waals surface area contributed by atoms with Gasteiger partial charge in [-0.15, -0.1) is 0 Å². The average Bonchev–Trinajstić information content (AvgIpc) is 3.31. The van der Waals surface area contributed by atoms with E-state index in [-0.39, 0.29) is 19.1 Å². The maximum absolute atomic E-state index is 12.9. The van der Waals surface area contributed by atoms with Crippen molar-refractivity contribution >= 4 is 13.7 Å². The summed E-state index contributed by atoms with van der Waals surface area (Å²) >= 11 is 0. The molecule has 8 nitrogen and oxygen atoms in total. The molecule has 3 N–H and O–H groups in total. The van der Waals surface area contributed by atoms with Gasteiger partial charge in [0.15, 0.2) is 0 Å². The Morgan fingerprint density at radius 2 is 0.870 bits per heavy atom. The molecule has 0 saturated carbocycles. The minimum absolute atomic E-state index is 0.0725. The fourth-order valence-corrected chi connectivity index (χ4v) is 8.70. The van der Waals surface area contributed by atoms with Crippen molar-refractivity contribution in [1.29, 1.82) is 0 Å². The van der Waals surface area contributed by atoms with E-state index in [2.05, 4.69) is 104 Å². The van der Waals surface area contributed by atoms with Crippen molar-refractivity contribution < 1.29 is 32.9 Å². The quantitative estimate of drug-likeness (QED) is 0.0243. The molecule has 1 amide bonds. The Morgan fingerprint density at radius 1 is 0.507 bits per heavy atom. The summed E-state index contributed by atoms with van der Waals surface area (Å²) < 4.78 is 23.7. The highest BCUT2D eigenvalue weighted by molar-refractivity contribution is 7.47. The Hall–Kier alpha value is -2.32. The van der Waals surface area contributed by atoms with E-state index in [9.17, 15) is 19.4 Å². The molecule has 0 heterocycles. The van der Waals surface area contributed by atoms with Crippen LogP contribution < -0.4 is 5.32 Å². The number of likely N-dealkylation sites (N-methyl/N-ethyl adjacent to an activating group) is 1. The molecule has 0 bridgehead atoms. The molecule has 9 heteroatoms. The number of nitrogens with one attached hydrogen (secondary N) is 1. The van der Waals surface area contributed by atoms with Crippen LogP contribution in [0.3, 0.4) is 0 Å². The Balaban J connectivity index is 3.95. The topological polar surface area (TPSA) is 105 Å². The Labute approximate surface area is 426 Å². The number of aliphatic hydroxyl groups excluding tert-OH is 1. The second kappa shape index (κ2) is 50.6. The van der Waals surface area contributed by atoms with Gasteiger partial charge in [-0.25, -0.2) is 4.57 Å². The lowest BCUT2D eigenvalue weighted by Crippen LogP contribution is -2.46. The summed E-state index contributed by atoms with van der Waals surface area (Å²) in [4.78, 5) is 23.2. The highest BCUT2D eigenvalue weighted by atomic mass is 31.2. The number of allylic oxidation sites excluding steroid dienone is 14. The summed E-state index contributed by atoms with van der Waals surface area (Å²) in [6.45, 7) is 4.75. The van der Waals surface area contributed by atoms with E-state index >= 15 is 0 Å². The monoisotopic (exact) mass is 986 g/mol. The molecule has 0 radical (unpaired) electrons. The van der Waals surface area contributed by atoms with E-state index in [1.807, 2.05) is 21.1 Å². The molecule has 0 aliphatic heterocycles. The average molecular weight is 987 g/mol. The standard InChI is InChI=1S/C60H109N2O6P/c1-6-8-10-12-14-16-18-19-20-21-22-23-24-25-26-27-28-29-30-31-32-33-34-35-36-37-38-39-40-41-42-43-44-46-48-50-52-54-60(64)61-58(57-68-69(65,66)67-56-55-62(3,4)5)59(63)53-51-49-47-45-17-15-13-11-9-7-2/h8,10,14,16,19-20,22-23,25-26,28-29,31-32,58-59,63H,6-7,9,11-13,15,17-18,21,24,27,30,33-57H2,1-5H3,(H-,61,64,65,66)/p+1/b10-8-,16-14-,20-19-,23-22-,26-25-,29-28-,32-31-. The zero-order valence-electron chi connectivity index (χ0n) is 45.5. The van der Waals surface area contributed by atoms with Gasteiger partial charge in [-0.3, -0.25) is 13.8 Å². The number of carbonyl (C=O) groups excluding carboxylic acids is 1. The molecule has 400 valence electrons. The van der Waals surface area contributed by atoms with Crippen LogP contribution in [0.1, 0.15) is 239 Å². The van der Waals surface area contributed by atoms with Crippen LogP contribution in [0.15, 0.2) is 85.1 Å². The summed E-state index contributed by atoms with van der Waals surface area (Å²) in [5.74, 6) is -0.148. The number of carbonyl (C=O) groups is 1. The lowest BCUT2D eigenvalue weighted by molar-refractivity contribution is -0.870. The van der Waals surface area contributed by atoms with Crippen LogP contribution in [0.5, 0.6) is 0 Å². The summed E-state index contributed by atoms with van der Waals surface area (Å²) in [5.41, 5.74) is 0. The van der Waals surface area contributed by atoms with Gasteiger partial charge in [0.1, 0.15) is 13.2 Å². The largest absolute Gasteiger partial charge is 0.472 e. The minimum atomic E-state index is -4.32. The van der Waals surface area contributed by atoms with Crippen molar-refractivity contribution in [2.75, 3.05) is 40.9 Å². The van der Waals surface area contributed by atoms with E-state index in [0.29, 0.717) is 23.9 Å². The van der Waals surface area contributed by atoms with E-state index in [1.165, 1.54) is 128 Å². The molecular weight excluding hydrogens is 876 g/mol. The first-order chi connectivity index (χ1) is 33.5. The molecule has 0 aromatic carbocycles. The predicted molar refractivity (Wildman–Crippen MR) is 299 cm³/mol. The van der Waals surface area contributed by atoms with Crippen LogP contribution in [-0.4, -0.2) is 73.4 Å². The number of quaternary nitrogens is 1. The summed E-state index contributed by atoms with van der Waals surface area (Å²) in [6.07, 6.45) is 70.8.